The standard InChI is InChI=1S/C19H23FN2O3/c1-13-11-17(14(2)22(13)16-5-3-15(20)4-6-16)18(23)21-12-19(24)7-9-25-10-8-19/h3-6,11,24H,7-10,12H2,1-2H3,(H,21,23). The van der Waals surface area contributed by atoms with Gasteiger partial charge in [0.25, 0.3) is 5.91 Å². The molecule has 0 radical (unpaired) electrons. The summed E-state index contributed by atoms with van der Waals surface area (Å²) in [5.74, 6) is -0.518. The summed E-state index contributed by atoms with van der Waals surface area (Å²) in [7, 11) is 0. The Morgan fingerprint density at radius 3 is 2.56 bits per heavy atom. The predicted molar refractivity (Wildman–Crippen MR) is 92.5 cm³/mol. The summed E-state index contributed by atoms with van der Waals surface area (Å²) in [5, 5.41) is 13.3. The number of rotatable bonds is 4. The molecular formula is C19H23FN2O3. The van der Waals surface area contributed by atoms with Gasteiger partial charge in [0.1, 0.15) is 5.82 Å². The summed E-state index contributed by atoms with van der Waals surface area (Å²) in [6, 6.07) is 7.97. The molecule has 0 bridgehead atoms. The summed E-state index contributed by atoms with van der Waals surface area (Å²) < 4.78 is 20.3. The number of aliphatic hydroxyl groups is 1. The van der Waals surface area contributed by atoms with Crippen LogP contribution in [0.2, 0.25) is 0 Å². The topological polar surface area (TPSA) is 63.5 Å². The minimum absolute atomic E-state index is 0.204. The minimum Gasteiger partial charge on any atom is -0.388 e. The first-order chi connectivity index (χ1) is 11.9. The van der Waals surface area contributed by atoms with Crippen molar-refractivity contribution in [3.63, 3.8) is 0 Å². The molecule has 0 unspecified atom stereocenters. The van der Waals surface area contributed by atoms with Crippen molar-refractivity contribution >= 4 is 5.91 Å². The van der Waals surface area contributed by atoms with Crippen LogP contribution in [-0.4, -0.2) is 40.9 Å². The Morgan fingerprint density at radius 2 is 1.92 bits per heavy atom. The molecule has 0 spiro atoms. The van der Waals surface area contributed by atoms with E-state index in [-0.39, 0.29) is 18.3 Å². The molecule has 134 valence electrons. The first kappa shape index (κ1) is 17.6. The molecule has 2 N–H and O–H groups in total. The summed E-state index contributed by atoms with van der Waals surface area (Å²) in [6.07, 6.45) is 1.03. The van der Waals surface area contributed by atoms with Crippen molar-refractivity contribution < 1.29 is 19.0 Å². The molecule has 0 atom stereocenters. The lowest BCUT2D eigenvalue weighted by atomic mass is 9.94. The van der Waals surface area contributed by atoms with Crippen molar-refractivity contribution in [2.75, 3.05) is 19.8 Å². The van der Waals surface area contributed by atoms with Gasteiger partial charge >= 0.3 is 0 Å². The molecule has 3 rings (SSSR count). The molecule has 25 heavy (non-hydrogen) atoms. The molecular weight excluding hydrogens is 323 g/mol. The number of aryl methyl sites for hydroxylation is 1. The largest absolute Gasteiger partial charge is 0.388 e. The fourth-order valence-corrected chi connectivity index (χ4v) is 3.25. The second kappa shape index (κ2) is 6.98. The van der Waals surface area contributed by atoms with Gasteiger partial charge in [-0.05, 0) is 44.2 Å². The highest BCUT2D eigenvalue weighted by Crippen LogP contribution is 2.22. The summed E-state index contributed by atoms with van der Waals surface area (Å²) >= 11 is 0. The molecule has 0 saturated carbocycles. The SMILES string of the molecule is Cc1cc(C(=O)NCC2(O)CCOCC2)c(C)n1-c1ccc(F)cc1. The minimum atomic E-state index is -0.906. The van der Waals surface area contributed by atoms with Crippen LogP contribution >= 0.6 is 0 Å². The van der Waals surface area contributed by atoms with E-state index in [0.717, 1.165) is 17.1 Å². The Kier molecular flexibility index (Phi) is 4.92. The van der Waals surface area contributed by atoms with Crippen LogP contribution in [0.15, 0.2) is 30.3 Å². The Morgan fingerprint density at radius 1 is 1.28 bits per heavy atom. The summed E-state index contributed by atoms with van der Waals surface area (Å²) in [4.78, 5) is 12.6. The van der Waals surface area contributed by atoms with Gasteiger partial charge in [0, 0.05) is 49.7 Å². The van der Waals surface area contributed by atoms with Gasteiger partial charge < -0.3 is 19.7 Å². The van der Waals surface area contributed by atoms with Crippen LogP contribution in [0, 0.1) is 19.7 Å². The fourth-order valence-electron chi connectivity index (χ4n) is 3.25. The van der Waals surface area contributed by atoms with E-state index in [4.69, 9.17) is 4.74 Å². The van der Waals surface area contributed by atoms with Crippen molar-refractivity contribution in [1.29, 1.82) is 0 Å². The maximum Gasteiger partial charge on any atom is 0.253 e. The fraction of sp³-hybridized carbons (Fsp3) is 0.421. The van der Waals surface area contributed by atoms with Crippen LogP contribution in [0.1, 0.15) is 34.6 Å². The van der Waals surface area contributed by atoms with Gasteiger partial charge in [0.05, 0.1) is 11.2 Å². The Balaban J connectivity index is 1.77. The average molecular weight is 346 g/mol. The van der Waals surface area contributed by atoms with Crippen LogP contribution in [-0.2, 0) is 4.74 Å². The van der Waals surface area contributed by atoms with Gasteiger partial charge in [0.2, 0.25) is 0 Å². The van der Waals surface area contributed by atoms with Crippen LogP contribution in [0.25, 0.3) is 5.69 Å². The van der Waals surface area contributed by atoms with Crippen LogP contribution < -0.4 is 5.32 Å². The van der Waals surface area contributed by atoms with E-state index in [1.54, 1.807) is 12.1 Å². The number of benzene rings is 1. The quantitative estimate of drug-likeness (QED) is 0.894. The first-order valence-corrected chi connectivity index (χ1v) is 8.43. The van der Waals surface area contributed by atoms with E-state index in [1.807, 2.05) is 24.5 Å². The van der Waals surface area contributed by atoms with E-state index in [1.165, 1.54) is 12.1 Å². The number of hydrogen-bond acceptors (Lipinski definition) is 3. The van der Waals surface area contributed by atoms with E-state index in [0.29, 0.717) is 31.6 Å². The van der Waals surface area contributed by atoms with E-state index in [9.17, 15) is 14.3 Å². The monoisotopic (exact) mass is 346 g/mol. The molecule has 1 aliphatic heterocycles. The Labute approximate surface area is 146 Å². The molecule has 0 aliphatic carbocycles. The average Bonchev–Trinajstić information content (AvgIpc) is 2.89. The zero-order valence-electron chi connectivity index (χ0n) is 14.5. The molecule has 2 aromatic rings. The first-order valence-electron chi connectivity index (χ1n) is 8.43. The van der Waals surface area contributed by atoms with Gasteiger partial charge in [-0.2, -0.15) is 0 Å². The van der Waals surface area contributed by atoms with Gasteiger partial charge in [0.15, 0.2) is 0 Å². The van der Waals surface area contributed by atoms with Crippen molar-refractivity contribution in [3.05, 3.63) is 53.1 Å². The molecule has 1 saturated heterocycles. The number of carbonyl (C=O) groups is 1. The lowest BCUT2D eigenvalue weighted by Crippen LogP contribution is -2.46. The number of amides is 1. The lowest BCUT2D eigenvalue weighted by Gasteiger charge is -2.32. The molecule has 1 aromatic carbocycles. The predicted octanol–water partition coefficient (Wildman–Crippen LogP) is 2.50. The smallest absolute Gasteiger partial charge is 0.253 e. The van der Waals surface area contributed by atoms with Gasteiger partial charge in [-0.1, -0.05) is 0 Å². The number of nitrogens with one attached hydrogen (secondary N) is 1. The third-order valence-electron chi connectivity index (χ3n) is 4.76. The van der Waals surface area contributed by atoms with Crippen molar-refractivity contribution in [2.24, 2.45) is 0 Å². The lowest BCUT2D eigenvalue weighted by molar-refractivity contribution is -0.0605. The van der Waals surface area contributed by atoms with Crippen LogP contribution in [0.5, 0.6) is 0 Å². The highest BCUT2D eigenvalue weighted by atomic mass is 19.1. The molecule has 1 fully saturated rings. The molecule has 5 nitrogen and oxygen atoms in total. The highest BCUT2D eigenvalue weighted by molar-refractivity contribution is 5.96. The number of carbonyl (C=O) groups excluding carboxylic acids is 1. The molecule has 6 heteroatoms. The van der Waals surface area contributed by atoms with Crippen LogP contribution in [0.3, 0.4) is 0 Å². The number of aromatic nitrogens is 1. The third kappa shape index (κ3) is 3.75. The second-order valence-electron chi connectivity index (χ2n) is 6.62. The maximum absolute atomic E-state index is 13.1. The molecule has 2 heterocycles. The number of hydrogen-bond donors (Lipinski definition) is 2. The molecule has 1 amide bonds. The zero-order chi connectivity index (χ0) is 18.0. The van der Waals surface area contributed by atoms with Gasteiger partial charge in [-0.3, -0.25) is 4.79 Å². The highest BCUT2D eigenvalue weighted by Gasteiger charge is 2.30. The van der Waals surface area contributed by atoms with Crippen LogP contribution in [0.4, 0.5) is 4.39 Å². The summed E-state index contributed by atoms with van der Waals surface area (Å²) in [5.41, 5.74) is 2.12. The Hall–Kier alpha value is -2.18. The van der Waals surface area contributed by atoms with Crippen molar-refractivity contribution in [3.8, 4) is 5.69 Å². The Bertz CT molecular complexity index is 762. The molecule has 1 aromatic heterocycles. The zero-order valence-corrected chi connectivity index (χ0v) is 14.5. The second-order valence-corrected chi connectivity index (χ2v) is 6.62. The third-order valence-corrected chi connectivity index (χ3v) is 4.76. The number of nitrogens with zero attached hydrogens (tertiary/aromatic N) is 1. The number of ether oxygens (including phenoxy) is 1. The van der Waals surface area contributed by atoms with E-state index < -0.39 is 5.60 Å². The molecule has 1 aliphatic rings. The van der Waals surface area contributed by atoms with Gasteiger partial charge in [-0.25, -0.2) is 4.39 Å². The van der Waals surface area contributed by atoms with E-state index in [2.05, 4.69) is 5.32 Å². The van der Waals surface area contributed by atoms with Crippen molar-refractivity contribution in [1.82, 2.24) is 9.88 Å². The summed E-state index contributed by atoms with van der Waals surface area (Å²) in [6.45, 7) is 4.97. The van der Waals surface area contributed by atoms with Gasteiger partial charge in [-0.15, -0.1) is 0 Å². The number of halogens is 1. The normalized spacial score (nSPS) is 16.6. The van der Waals surface area contributed by atoms with E-state index >= 15 is 0 Å². The maximum atomic E-state index is 13.1. The van der Waals surface area contributed by atoms with Crippen molar-refractivity contribution in [2.45, 2.75) is 32.3 Å².